The Kier molecular flexibility index (Phi) is 5.20. The minimum absolute atomic E-state index is 0.247. The number of nitrogens with zero attached hydrogens (tertiary/aromatic N) is 3. The van der Waals surface area contributed by atoms with Crippen LogP contribution < -0.4 is 0 Å². The number of likely N-dealkylation sites (tertiary alicyclic amines) is 1. The number of hydrogen-bond donors (Lipinski definition) is 2. The highest BCUT2D eigenvalue weighted by Gasteiger charge is 2.31. The summed E-state index contributed by atoms with van der Waals surface area (Å²) in [7, 11) is 2.10. The summed E-state index contributed by atoms with van der Waals surface area (Å²) in [6.45, 7) is 2.57. The number of phenolic OH excluding ortho intramolecular Hbond substituents is 1. The molecule has 0 atom stereocenters. The van der Waals surface area contributed by atoms with Crippen LogP contribution in [0.5, 0.6) is 5.75 Å². The number of phenols is 1. The van der Waals surface area contributed by atoms with Crippen molar-refractivity contribution in [3.8, 4) is 28.3 Å². The zero-order valence-electron chi connectivity index (χ0n) is 16.3. The van der Waals surface area contributed by atoms with Crippen LogP contribution in [0.15, 0.2) is 60.9 Å². The van der Waals surface area contributed by atoms with Crippen LogP contribution in [0.3, 0.4) is 0 Å². The maximum absolute atomic E-state index is 11.0. The van der Waals surface area contributed by atoms with Crippen LogP contribution >= 0.6 is 0 Å². The maximum Gasteiger partial charge on any atom is 0.115 e. The zero-order chi connectivity index (χ0) is 19.6. The number of aryl methyl sites for hydroxylation is 1. The van der Waals surface area contributed by atoms with Gasteiger partial charge in [0, 0.05) is 30.8 Å². The van der Waals surface area contributed by atoms with Gasteiger partial charge in [0.1, 0.15) is 5.75 Å². The van der Waals surface area contributed by atoms with E-state index in [0.717, 1.165) is 48.4 Å². The Morgan fingerprint density at radius 3 is 2.32 bits per heavy atom. The van der Waals surface area contributed by atoms with Gasteiger partial charge in [0.05, 0.1) is 23.3 Å². The van der Waals surface area contributed by atoms with Crippen molar-refractivity contribution in [2.45, 2.75) is 31.4 Å². The normalized spacial score (nSPS) is 16.9. The molecule has 5 heteroatoms. The van der Waals surface area contributed by atoms with Gasteiger partial charge in [-0.2, -0.15) is 0 Å². The summed E-state index contributed by atoms with van der Waals surface area (Å²) < 4.78 is 2.13. The standard InChI is InChI=1S/C23H27N3O2/c1-25-14-11-23(28,12-15-25)13-16-26-17-24-21(18-5-3-2-4-6-18)22(26)19-7-9-20(27)10-8-19/h2-10,17,27-28H,11-16H2,1H3. The molecule has 0 radical (unpaired) electrons. The fourth-order valence-electron chi connectivity index (χ4n) is 3.89. The van der Waals surface area contributed by atoms with Crippen LogP contribution in [-0.4, -0.2) is 50.4 Å². The second kappa shape index (κ2) is 7.78. The number of piperidine rings is 1. The molecule has 1 saturated heterocycles. The second-order valence-electron chi connectivity index (χ2n) is 7.83. The minimum atomic E-state index is -0.615. The molecular formula is C23H27N3O2. The number of rotatable bonds is 5. The highest BCUT2D eigenvalue weighted by Crippen LogP contribution is 2.33. The van der Waals surface area contributed by atoms with Gasteiger partial charge in [-0.25, -0.2) is 4.98 Å². The smallest absolute Gasteiger partial charge is 0.115 e. The number of aromatic hydroxyl groups is 1. The maximum atomic E-state index is 11.0. The van der Waals surface area contributed by atoms with Crippen molar-refractivity contribution >= 4 is 0 Å². The van der Waals surface area contributed by atoms with Crippen LogP contribution in [0, 0.1) is 0 Å². The third-order valence-corrected chi connectivity index (χ3v) is 5.76. The number of hydrogen-bond acceptors (Lipinski definition) is 4. The molecular weight excluding hydrogens is 350 g/mol. The summed E-state index contributed by atoms with van der Waals surface area (Å²) in [6.07, 6.45) is 4.18. The molecule has 0 amide bonds. The molecule has 1 aliphatic rings. The monoisotopic (exact) mass is 377 g/mol. The van der Waals surface area contributed by atoms with Gasteiger partial charge in [0.15, 0.2) is 0 Å². The number of aliphatic hydroxyl groups is 1. The lowest BCUT2D eigenvalue weighted by molar-refractivity contribution is -0.0252. The van der Waals surface area contributed by atoms with Crippen LogP contribution in [0.25, 0.3) is 22.5 Å². The Bertz CT molecular complexity index is 911. The first-order valence-corrected chi connectivity index (χ1v) is 9.85. The van der Waals surface area contributed by atoms with Crippen molar-refractivity contribution in [2.24, 2.45) is 0 Å². The van der Waals surface area contributed by atoms with Crippen molar-refractivity contribution in [2.75, 3.05) is 20.1 Å². The summed E-state index contributed by atoms with van der Waals surface area (Å²) in [4.78, 5) is 6.96. The van der Waals surface area contributed by atoms with Crippen LogP contribution in [0.2, 0.25) is 0 Å². The van der Waals surface area contributed by atoms with E-state index >= 15 is 0 Å². The molecule has 146 valence electrons. The van der Waals surface area contributed by atoms with Gasteiger partial charge in [-0.1, -0.05) is 30.3 Å². The predicted octanol–water partition coefficient (Wildman–Crippen LogP) is 3.77. The Morgan fingerprint density at radius 1 is 0.964 bits per heavy atom. The molecule has 0 unspecified atom stereocenters. The first-order valence-electron chi connectivity index (χ1n) is 9.85. The fourth-order valence-corrected chi connectivity index (χ4v) is 3.89. The Hall–Kier alpha value is -2.63. The molecule has 0 aliphatic carbocycles. The van der Waals surface area contributed by atoms with E-state index in [2.05, 4.69) is 28.6 Å². The van der Waals surface area contributed by atoms with Crippen molar-refractivity contribution in [3.05, 3.63) is 60.9 Å². The Morgan fingerprint density at radius 2 is 1.64 bits per heavy atom. The van der Waals surface area contributed by atoms with E-state index in [1.165, 1.54) is 0 Å². The topological polar surface area (TPSA) is 61.5 Å². The molecule has 2 N–H and O–H groups in total. The number of aromatic nitrogens is 2. The van der Waals surface area contributed by atoms with E-state index < -0.39 is 5.60 Å². The van der Waals surface area contributed by atoms with E-state index in [1.54, 1.807) is 12.1 Å². The van der Waals surface area contributed by atoms with Crippen LogP contribution in [-0.2, 0) is 6.54 Å². The molecule has 2 heterocycles. The Labute approximate surface area is 165 Å². The third-order valence-electron chi connectivity index (χ3n) is 5.76. The van der Waals surface area contributed by atoms with Crippen LogP contribution in [0.1, 0.15) is 19.3 Å². The minimum Gasteiger partial charge on any atom is -0.508 e. The van der Waals surface area contributed by atoms with Gasteiger partial charge >= 0.3 is 0 Å². The molecule has 4 rings (SSSR count). The van der Waals surface area contributed by atoms with Gasteiger partial charge in [-0.15, -0.1) is 0 Å². The molecule has 3 aromatic rings. The number of imidazole rings is 1. The van der Waals surface area contributed by atoms with E-state index in [-0.39, 0.29) is 5.75 Å². The number of benzene rings is 2. The largest absolute Gasteiger partial charge is 0.508 e. The summed E-state index contributed by atoms with van der Waals surface area (Å²) in [6, 6.07) is 17.4. The van der Waals surface area contributed by atoms with Gasteiger partial charge in [-0.05, 0) is 50.6 Å². The lowest BCUT2D eigenvalue weighted by Crippen LogP contribution is -2.43. The second-order valence-corrected chi connectivity index (χ2v) is 7.83. The first-order chi connectivity index (χ1) is 13.5. The summed E-state index contributed by atoms with van der Waals surface area (Å²) in [5.41, 5.74) is 3.38. The molecule has 5 nitrogen and oxygen atoms in total. The predicted molar refractivity (Wildman–Crippen MR) is 111 cm³/mol. The fraction of sp³-hybridized carbons (Fsp3) is 0.348. The van der Waals surface area contributed by atoms with Gasteiger partial charge in [0.25, 0.3) is 0 Å². The van der Waals surface area contributed by atoms with E-state index in [9.17, 15) is 10.2 Å². The molecule has 1 fully saturated rings. The zero-order valence-corrected chi connectivity index (χ0v) is 16.3. The molecule has 28 heavy (non-hydrogen) atoms. The average Bonchev–Trinajstić information content (AvgIpc) is 3.14. The van der Waals surface area contributed by atoms with E-state index in [0.29, 0.717) is 13.0 Å². The van der Waals surface area contributed by atoms with E-state index in [1.807, 2.05) is 36.7 Å². The van der Waals surface area contributed by atoms with Gasteiger partial charge < -0.3 is 19.7 Å². The first kappa shape index (κ1) is 18.7. The summed E-state index contributed by atoms with van der Waals surface area (Å²) >= 11 is 0. The highest BCUT2D eigenvalue weighted by molar-refractivity contribution is 5.78. The van der Waals surface area contributed by atoms with Crippen molar-refractivity contribution in [3.63, 3.8) is 0 Å². The molecule has 0 bridgehead atoms. The Balaban J connectivity index is 1.65. The summed E-state index contributed by atoms with van der Waals surface area (Å²) in [5.74, 6) is 0.247. The molecule has 0 saturated carbocycles. The lowest BCUT2D eigenvalue weighted by atomic mass is 9.88. The van der Waals surface area contributed by atoms with Crippen molar-refractivity contribution in [1.29, 1.82) is 0 Å². The van der Waals surface area contributed by atoms with Crippen molar-refractivity contribution < 1.29 is 10.2 Å². The van der Waals surface area contributed by atoms with Crippen LogP contribution in [0.4, 0.5) is 0 Å². The van der Waals surface area contributed by atoms with Crippen molar-refractivity contribution in [1.82, 2.24) is 14.5 Å². The molecule has 1 aromatic heterocycles. The quantitative estimate of drug-likeness (QED) is 0.711. The molecule has 1 aliphatic heterocycles. The highest BCUT2D eigenvalue weighted by atomic mass is 16.3. The van der Waals surface area contributed by atoms with Gasteiger partial charge in [-0.3, -0.25) is 0 Å². The van der Waals surface area contributed by atoms with E-state index in [4.69, 9.17) is 4.98 Å². The molecule has 2 aromatic carbocycles. The van der Waals surface area contributed by atoms with Gasteiger partial charge in [0.2, 0.25) is 0 Å². The summed E-state index contributed by atoms with van der Waals surface area (Å²) in [5, 5.41) is 20.7. The lowest BCUT2D eigenvalue weighted by Gasteiger charge is -2.36. The average molecular weight is 377 g/mol. The SMILES string of the molecule is CN1CCC(O)(CCn2cnc(-c3ccccc3)c2-c2ccc(O)cc2)CC1. The molecule has 0 spiro atoms. The third kappa shape index (κ3) is 3.96.